The molecule has 6 nitrogen and oxygen atoms in total. The number of unbranched alkanes of at least 4 members (excludes halogenated alkanes) is 1. The van der Waals surface area contributed by atoms with Crippen molar-refractivity contribution in [2.45, 2.75) is 46.5 Å². The number of rotatable bonds is 11. The van der Waals surface area contributed by atoms with Gasteiger partial charge in [-0.05, 0) is 31.9 Å². The first-order valence-electron chi connectivity index (χ1n) is 9.58. The molecule has 0 bridgehead atoms. The smallest absolute Gasteiger partial charge is 0.336 e. The molecule has 2 aromatic rings. The van der Waals surface area contributed by atoms with Crippen molar-refractivity contribution in [1.82, 2.24) is 14.8 Å². The van der Waals surface area contributed by atoms with Crippen LogP contribution in [-0.2, 0) is 4.74 Å². The van der Waals surface area contributed by atoms with Gasteiger partial charge in [0.25, 0.3) is 5.91 Å². The Balaban J connectivity index is 2.31. The summed E-state index contributed by atoms with van der Waals surface area (Å²) >= 11 is 6.12. The van der Waals surface area contributed by atoms with E-state index in [1.54, 1.807) is 12.1 Å². The van der Waals surface area contributed by atoms with Crippen molar-refractivity contribution in [1.29, 1.82) is 0 Å². The van der Waals surface area contributed by atoms with Gasteiger partial charge in [0.05, 0.1) is 6.61 Å². The fraction of sp³-hybridized carbons (Fsp3) is 0.550. The van der Waals surface area contributed by atoms with Gasteiger partial charge >= 0.3 is 6.01 Å². The van der Waals surface area contributed by atoms with E-state index in [4.69, 9.17) is 21.1 Å². The zero-order valence-electron chi connectivity index (χ0n) is 16.3. The Bertz CT molecular complexity index is 733. The lowest BCUT2D eigenvalue weighted by Crippen LogP contribution is -2.23. The van der Waals surface area contributed by atoms with Crippen LogP contribution in [0.2, 0.25) is 5.02 Å². The van der Waals surface area contributed by atoms with Crippen molar-refractivity contribution in [2.24, 2.45) is 5.92 Å². The van der Waals surface area contributed by atoms with Crippen molar-refractivity contribution < 1.29 is 14.3 Å². The Morgan fingerprint density at radius 1 is 1.26 bits per heavy atom. The second-order valence-corrected chi connectivity index (χ2v) is 6.71. The lowest BCUT2D eigenvalue weighted by atomic mass is 9.98. The number of hydrogen-bond donors (Lipinski definition) is 0. The highest BCUT2D eigenvalue weighted by molar-refractivity contribution is 6.30. The zero-order chi connectivity index (χ0) is 19.6. The van der Waals surface area contributed by atoms with E-state index in [1.807, 2.05) is 26.0 Å². The molecule has 0 N–H and O–H groups in total. The average molecular weight is 394 g/mol. The summed E-state index contributed by atoms with van der Waals surface area (Å²) in [6.07, 6.45) is 3.65. The molecule has 0 saturated heterocycles. The Kier molecular flexibility index (Phi) is 8.75. The van der Waals surface area contributed by atoms with E-state index in [2.05, 4.69) is 17.0 Å². The number of hydrogen-bond acceptors (Lipinski definition) is 5. The molecule has 0 fully saturated rings. The summed E-state index contributed by atoms with van der Waals surface area (Å²) < 4.78 is 12.2. The number of nitrogens with zero attached hydrogens (tertiary/aromatic N) is 3. The minimum Gasteiger partial charge on any atom is -0.460 e. The number of aromatic nitrogens is 3. The number of benzene rings is 1. The van der Waals surface area contributed by atoms with Gasteiger partial charge in [0.2, 0.25) is 0 Å². The Hall–Kier alpha value is -1.92. The summed E-state index contributed by atoms with van der Waals surface area (Å²) in [4.78, 5) is 17.5. The molecule has 0 spiro atoms. The van der Waals surface area contributed by atoms with E-state index in [9.17, 15) is 4.79 Å². The van der Waals surface area contributed by atoms with E-state index < -0.39 is 0 Å². The van der Waals surface area contributed by atoms with Crippen molar-refractivity contribution in [2.75, 3.05) is 19.8 Å². The van der Waals surface area contributed by atoms with Crippen LogP contribution in [-0.4, -0.2) is 40.5 Å². The molecule has 1 heterocycles. The highest BCUT2D eigenvalue weighted by Crippen LogP contribution is 2.25. The van der Waals surface area contributed by atoms with E-state index in [0.717, 1.165) is 31.2 Å². The molecule has 2 rings (SSSR count). The summed E-state index contributed by atoms with van der Waals surface area (Å²) in [5, 5.41) is 4.90. The summed E-state index contributed by atoms with van der Waals surface area (Å²) in [5.41, 5.74) is 0.730. The minimum atomic E-state index is -0.0964. The first-order valence-corrected chi connectivity index (χ1v) is 9.96. The fourth-order valence-corrected chi connectivity index (χ4v) is 2.97. The third-order valence-electron chi connectivity index (χ3n) is 4.29. The molecule has 148 valence electrons. The van der Waals surface area contributed by atoms with Gasteiger partial charge in [0, 0.05) is 23.1 Å². The van der Waals surface area contributed by atoms with Gasteiger partial charge in [-0.1, -0.05) is 50.4 Å². The lowest BCUT2D eigenvalue weighted by Gasteiger charge is -2.14. The fourth-order valence-electron chi connectivity index (χ4n) is 2.78. The monoisotopic (exact) mass is 393 g/mol. The van der Waals surface area contributed by atoms with Crippen LogP contribution in [0.15, 0.2) is 24.3 Å². The number of halogens is 1. The quantitative estimate of drug-likeness (QED) is 0.509. The van der Waals surface area contributed by atoms with E-state index >= 15 is 0 Å². The van der Waals surface area contributed by atoms with Gasteiger partial charge in [-0.3, -0.25) is 4.79 Å². The molecular formula is C20H28ClN3O3. The molecule has 0 aliphatic carbocycles. The normalized spacial score (nSPS) is 12.1. The van der Waals surface area contributed by atoms with Gasteiger partial charge in [0.1, 0.15) is 6.61 Å². The average Bonchev–Trinajstić information content (AvgIpc) is 3.10. The van der Waals surface area contributed by atoms with E-state index in [0.29, 0.717) is 30.7 Å². The zero-order valence-corrected chi connectivity index (χ0v) is 17.0. The predicted molar refractivity (Wildman–Crippen MR) is 106 cm³/mol. The molecule has 0 aliphatic heterocycles. The van der Waals surface area contributed by atoms with Crippen LogP contribution in [0.5, 0.6) is 6.01 Å². The minimum absolute atomic E-state index is 0.0620. The Labute approximate surface area is 165 Å². The highest BCUT2D eigenvalue weighted by Gasteiger charge is 2.24. The Morgan fingerprint density at radius 2 is 2.07 bits per heavy atom. The maximum absolute atomic E-state index is 13.1. The van der Waals surface area contributed by atoms with Gasteiger partial charge < -0.3 is 9.47 Å². The van der Waals surface area contributed by atoms with Crippen LogP contribution < -0.4 is 4.74 Å². The molecule has 1 aromatic heterocycles. The van der Waals surface area contributed by atoms with Crippen LogP contribution in [0.1, 0.15) is 51.2 Å². The van der Waals surface area contributed by atoms with Crippen LogP contribution in [0, 0.1) is 5.92 Å². The summed E-state index contributed by atoms with van der Waals surface area (Å²) in [5.74, 6) is 0.290. The van der Waals surface area contributed by atoms with Crippen LogP contribution >= 0.6 is 11.6 Å². The maximum atomic E-state index is 13.1. The van der Waals surface area contributed by atoms with Gasteiger partial charge in [0.15, 0.2) is 5.82 Å². The third-order valence-corrected chi connectivity index (χ3v) is 4.53. The molecule has 7 heteroatoms. The second-order valence-electron chi connectivity index (χ2n) is 6.27. The highest BCUT2D eigenvalue weighted by atomic mass is 35.5. The molecule has 1 atom stereocenters. The first-order chi connectivity index (χ1) is 13.1. The van der Waals surface area contributed by atoms with E-state index in [1.165, 1.54) is 4.68 Å². The number of carbonyl (C=O) groups excluding carboxylic acids is 1. The van der Waals surface area contributed by atoms with Crippen LogP contribution in [0.4, 0.5) is 0 Å². The number of carbonyl (C=O) groups is 1. The lowest BCUT2D eigenvalue weighted by molar-refractivity contribution is 0.0801. The summed E-state index contributed by atoms with van der Waals surface area (Å²) in [6.45, 7) is 7.45. The molecule has 0 radical (unpaired) electrons. The third kappa shape index (κ3) is 6.04. The molecular weight excluding hydrogens is 366 g/mol. The van der Waals surface area contributed by atoms with Crippen LogP contribution in [0.3, 0.4) is 0 Å². The standard InChI is InChI=1S/C20H28ClN3O3/c1-4-7-9-15(5-2)19(25)24-18(16-10-8-11-17(21)14-16)22-20(23-24)27-13-12-26-6-3/h8,10-11,14-15H,4-7,9,12-13H2,1-3H3. The molecule has 27 heavy (non-hydrogen) atoms. The van der Waals surface area contributed by atoms with Crippen LogP contribution in [0.25, 0.3) is 11.4 Å². The summed E-state index contributed by atoms with van der Waals surface area (Å²) in [7, 11) is 0. The topological polar surface area (TPSA) is 66.2 Å². The first kappa shape index (κ1) is 21.4. The molecule has 1 unspecified atom stereocenters. The second kappa shape index (κ2) is 11.0. The molecule has 0 amide bonds. The van der Waals surface area contributed by atoms with E-state index in [-0.39, 0.29) is 17.8 Å². The number of ether oxygens (including phenoxy) is 2. The SMILES string of the molecule is CCCCC(CC)C(=O)n1nc(OCCOCC)nc1-c1cccc(Cl)c1. The van der Waals surface area contributed by atoms with Crippen molar-refractivity contribution in [3.63, 3.8) is 0 Å². The predicted octanol–water partition coefficient (Wildman–Crippen LogP) is 4.87. The van der Waals surface area contributed by atoms with Crippen molar-refractivity contribution in [3.8, 4) is 17.4 Å². The molecule has 0 saturated carbocycles. The van der Waals surface area contributed by atoms with Gasteiger partial charge in [-0.2, -0.15) is 9.67 Å². The Morgan fingerprint density at radius 3 is 2.74 bits per heavy atom. The maximum Gasteiger partial charge on any atom is 0.336 e. The molecule has 0 aliphatic rings. The van der Waals surface area contributed by atoms with Gasteiger partial charge in [-0.15, -0.1) is 5.10 Å². The van der Waals surface area contributed by atoms with Gasteiger partial charge in [-0.25, -0.2) is 0 Å². The summed E-state index contributed by atoms with van der Waals surface area (Å²) in [6, 6.07) is 7.40. The van der Waals surface area contributed by atoms with Crippen molar-refractivity contribution in [3.05, 3.63) is 29.3 Å². The van der Waals surface area contributed by atoms with Crippen molar-refractivity contribution >= 4 is 17.5 Å². The molecule has 1 aromatic carbocycles. The largest absolute Gasteiger partial charge is 0.460 e.